The molecule has 0 aliphatic carbocycles. The average molecular weight is 355 g/mol. The maximum absolute atomic E-state index is 12.5. The van der Waals surface area contributed by atoms with Gasteiger partial charge in [-0.2, -0.15) is 0 Å². The van der Waals surface area contributed by atoms with Crippen molar-refractivity contribution in [1.29, 1.82) is 0 Å². The number of aromatic nitrogens is 2. The molecule has 2 aromatic heterocycles. The van der Waals surface area contributed by atoms with E-state index in [4.69, 9.17) is 11.6 Å². The summed E-state index contributed by atoms with van der Waals surface area (Å²) in [4.78, 5) is 25.3. The Balaban J connectivity index is 1.70. The van der Waals surface area contributed by atoms with Gasteiger partial charge in [0, 0.05) is 29.8 Å². The molecule has 118 valence electrons. The van der Waals surface area contributed by atoms with Crippen molar-refractivity contribution in [2.45, 2.75) is 6.42 Å². The van der Waals surface area contributed by atoms with Gasteiger partial charge in [0.05, 0.1) is 17.0 Å². The predicted molar refractivity (Wildman–Crippen MR) is 95.7 cm³/mol. The van der Waals surface area contributed by atoms with Crippen molar-refractivity contribution in [2.24, 2.45) is 4.99 Å². The summed E-state index contributed by atoms with van der Waals surface area (Å²) < 4.78 is 0. The number of carbonyl (C=O) groups is 1. The first kappa shape index (κ1) is 15.0. The van der Waals surface area contributed by atoms with E-state index in [-0.39, 0.29) is 5.91 Å². The van der Waals surface area contributed by atoms with Crippen LogP contribution in [0.3, 0.4) is 0 Å². The van der Waals surface area contributed by atoms with E-state index < -0.39 is 0 Å². The third-order valence-electron chi connectivity index (χ3n) is 3.69. The van der Waals surface area contributed by atoms with E-state index in [0.29, 0.717) is 28.0 Å². The summed E-state index contributed by atoms with van der Waals surface area (Å²) in [5, 5.41) is 5.59. The Morgan fingerprint density at radius 1 is 1.17 bits per heavy atom. The molecule has 0 atom stereocenters. The van der Waals surface area contributed by atoms with Crippen molar-refractivity contribution in [3.63, 3.8) is 0 Å². The second-order valence-electron chi connectivity index (χ2n) is 5.18. The second-order valence-corrected chi connectivity index (χ2v) is 6.43. The molecule has 7 heteroatoms. The monoisotopic (exact) mass is 354 g/mol. The lowest BCUT2D eigenvalue weighted by Crippen LogP contribution is -2.11. The Hall–Kier alpha value is -2.57. The molecule has 4 rings (SSSR count). The average Bonchev–Trinajstić information content (AvgIpc) is 3.23. The molecule has 0 saturated heterocycles. The topological polar surface area (TPSA) is 67.2 Å². The van der Waals surface area contributed by atoms with E-state index in [1.165, 1.54) is 11.3 Å². The number of para-hydroxylation sites is 1. The number of thiazole rings is 1. The van der Waals surface area contributed by atoms with Gasteiger partial charge in [0.2, 0.25) is 0 Å². The minimum atomic E-state index is -0.218. The number of rotatable bonds is 3. The molecular formula is C17H11ClN4OS. The lowest BCUT2D eigenvalue weighted by molar-refractivity contribution is 0.102. The molecule has 3 aromatic rings. The summed E-state index contributed by atoms with van der Waals surface area (Å²) in [7, 11) is 0. The summed E-state index contributed by atoms with van der Waals surface area (Å²) in [6, 6.07) is 9.30. The maximum Gasteiger partial charge on any atom is 0.259 e. The highest BCUT2D eigenvalue weighted by molar-refractivity contribution is 7.13. The number of pyridine rings is 1. The van der Waals surface area contributed by atoms with Crippen molar-refractivity contribution < 1.29 is 4.79 Å². The van der Waals surface area contributed by atoms with Gasteiger partial charge in [0.25, 0.3) is 5.91 Å². The van der Waals surface area contributed by atoms with Gasteiger partial charge in [-0.25, -0.2) is 9.97 Å². The van der Waals surface area contributed by atoms with Crippen LogP contribution >= 0.6 is 22.9 Å². The number of nitrogens with zero attached hydrogens (tertiary/aromatic N) is 3. The van der Waals surface area contributed by atoms with Gasteiger partial charge in [-0.15, -0.1) is 11.3 Å². The van der Waals surface area contributed by atoms with Crippen LogP contribution in [0.2, 0.25) is 5.15 Å². The molecule has 0 unspecified atom stereocenters. The highest BCUT2D eigenvalue weighted by Gasteiger charge is 2.23. The van der Waals surface area contributed by atoms with Crippen LogP contribution < -0.4 is 5.32 Å². The molecule has 0 radical (unpaired) electrons. The molecule has 1 amide bonds. The first-order valence-electron chi connectivity index (χ1n) is 7.23. The zero-order valence-corrected chi connectivity index (χ0v) is 13.9. The number of nitrogens with one attached hydrogen (secondary N) is 1. The zero-order chi connectivity index (χ0) is 16.5. The molecular weight excluding hydrogens is 344 g/mol. The standard InChI is InChI=1S/C17H11ClN4OS/c18-15-11(5-2-6-19-15)13-9-10-3-1-4-12(14(10)21-13)16(23)22-17-20-7-8-24-17/h1-8H,9H2,(H,20,22,23). The SMILES string of the molecule is O=C(Nc1nccs1)c1cccc2c1N=C(c1cccnc1Cl)C2. The molecule has 1 aliphatic heterocycles. The zero-order valence-electron chi connectivity index (χ0n) is 12.4. The lowest BCUT2D eigenvalue weighted by Gasteiger charge is -2.05. The predicted octanol–water partition coefficient (Wildman–Crippen LogP) is 4.12. The van der Waals surface area contributed by atoms with Crippen LogP contribution in [0, 0.1) is 0 Å². The number of fused-ring (bicyclic) bond motifs is 1. The van der Waals surface area contributed by atoms with Crippen LogP contribution in [0.4, 0.5) is 10.8 Å². The third kappa shape index (κ3) is 2.70. The van der Waals surface area contributed by atoms with Crippen LogP contribution in [0.25, 0.3) is 0 Å². The van der Waals surface area contributed by atoms with Crippen LogP contribution in [0.15, 0.2) is 53.1 Å². The Bertz CT molecular complexity index is 953. The fourth-order valence-electron chi connectivity index (χ4n) is 2.61. The van der Waals surface area contributed by atoms with Crippen molar-refractivity contribution in [3.05, 3.63) is 69.9 Å². The highest BCUT2D eigenvalue weighted by Crippen LogP contribution is 2.34. The normalized spacial score (nSPS) is 12.6. The van der Waals surface area contributed by atoms with Crippen LogP contribution in [-0.2, 0) is 6.42 Å². The molecule has 0 bridgehead atoms. The summed E-state index contributed by atoms with van der Waals surface area (Å²) in [6.45, 7) is 0. The molecule has 0 saturated carbocycles. The molecule has 3 heterocycles. The number of carbonyl (C=O) groups excluding carboxylic acids is 1. The molecule has 0 fully saturated rings. The van der Waals surface area contributed by atoms with Gasteiger partial charge < -0.3 is 0 Å². The summed E-state index contributed by atoms with van der Waals surface area (Å²) >= 11 is 7.54. The van der Waals surface area contributed by atoms with Crippen molar-refractivity contribution in [3.8, 4) is 0 Å². The van der Waals surface area contributed by atoms with Crippen LogP contribution in [0.1, 0.15) is 21.5 Å². The third-order valence-corrected chi connectivity index (χ3v) is 4.68. The Labute approximate surface area is 147 Å². The molecule has 0 spiro atoms. The fraction of sp³-hybridized carbons (Fsp3) is 0.0588. The molecule has 1 aromatic carbocycles. The second kappa shape index (κ2) is 6.14. The van der Waals surface area contributed by atoms with E-state index in [1.54, 1.807) is 18.5 Å². The number of amides is 1. The van der Waals surface area contributed by atoms with Gasteiger partial charge in [-0.3, -0.25) is 15.1 Å². The maximum atomic E-state index is 12.5. The van der Waals surface area contributed by atoms with E-state index in [0.717, 1.165) is 16.8 Å². The molecule has 1 aliphatic rings. The molecule has 1 N–H and O–H groups in total. The largest absolute Gasteiger partial charge is 0.298 e. The van der Waals surface area contributed by atoms with Crippen molar-refractivity contribution in [2.75, 3.05) is 5.32 Å². The lowest BCUT2D eigenvalue weighted by atomic mass is 10.0. The number of hydrogen-bond donors (Lipinski definition) is 1. The summed E-state index contributed by atoms with van der Waals surface area (Å²) in [5.41, 5.74) is 3.81. The number of hydrogen-bond acceptors (Lipinski definition) is 5. The van der Waals surface area contributed by atoms with E-state index >= 15 is 0 Å². The van der Waals surface area contributed by atoms with Gasteiger partial charge in [0.15, 0.2) is 5.13 Å². The minimum absolute atomic E-state index is 0.218. The Kier molecular flexibility index (Phi) is 3.84. The van der Waals surface area contributed by atoms with Crippen molar-refractivity contribution >= 4 is 45.4 Å². The molecule has 24 heavy (non-hydrogen) atoms. The Morgan fingerprint density at radius 2 is 2.08 bits per heavy atom. The number of anilines is 1. The van der Waals surface area contributed by atoms with E-state index in [1.807, 2.05) is 29.6 Å². The first-order valence-corrected chi connectivity index (χ1v) is 8.49. The van der Waals surface area contributed by atoms with Gasteiger partial charge in [-0.05, 0) is 23.8 Å². The van der Waals surface area contributed by atoms with Gasteiger partial charge in [-0.1, -0.05) is 23.7 Å². The number of benzene rings is 1. The number of halogens is 1. The van der Waals surface area contributed by atoms with E-state index in [2.05, 4.69) is 20.3 Å². The van der Waals surface area contributed by atoms with E-state index in [9.17, 15) is 4.79 Å². The minimum Gasteiger partial charge on any atom is -0.298 e. The van der Waals surface area contributed by atoms with Gasteiger partial charge >= 0.3 is 0 Å². The fourth-order valence-corrected chi connectivity index (χ4v) is 3.36. The van der Waals surface area contributed by atoms with Crippen molar-refractivity contribution in [1.82, 2.24) is 9.97 Å². The Morgan fingerprint density at radius 3 is 2.88 bits per heavy atom. The summed E-state index contributed by atoms with van der Waals surface area (Å²) in [6.07, 6.45) is 3.91. The molecule has 5 nitrogen and oxygen atoms in total. The van der Waals surface area contributed by atoms with Gasteiger partial charge in [0.1, 0.15) is 5.15 Å². The van der Waals surface area contributed by atoms with Crippen LogP contribution in [0.5, 0.6) is 0 Å². The smallest absolute Gasteiger partial charge is 0.259 e. The number of aliphatic imine (C=N–C) groups is 1. The first-order chi connectivity index (χ1) is 11.7. The summed E-state index contributed by atoms with van der Waals surface area (Å²) in [5.74, 6) is -0.218. The quantitative estimate of drug-likeness (QED) is 0.719. The van der Waals surface area contributed by atoms with Crippen LogP contribution in [-0.4, -0.2) is 21.6 Å². The highest BCUT2D eigenvalue weighted by atomic mass is 35.5.